The number of ether oxygens (including phenoxy) is 1. The van der Waals surface area contributed by atoms with E-state index in [9.17, 15) is 18.0 Å². The molecule has 0 spiro atoms. The van der Waals surface area contributed by atoms with E-state index in [-0.39, 0.29) is 6.54 Å². The van der Waals surface area contributed by atoms with E-state index in [1.165, 1.54) is 11.6 Å². The standard InChI is InChI=1S/C15H17F3N4O2/c1-10(7-15(16,17)18)14(23)19-8-11-9-22(21-20-11)12-3-5-13(24-2)6-4-12/h3-6,9-10H,7-8H2,1-2H3,(H,19,23). The van der Waals surface area contributed by atoms with E-state index in [1.807, 2.05) is 0 Å². The Balaban J connectivity index is 1.92. The molecule has 2 aromatic rings. The Hall–Kier alpha value is -2.58. The predicted octanol–water partition coefficient (Wildman–Crippen LogP) is 2.48. The number of rotatable bonds is 6. The Morgan fingerprint density at radius 2 is 2.00 bits per heavy atom. The molecule has 1 N–H and O–H groups in total. The highest BCUT2D eigenvalue weighted by molar-refractivity contribution is 5.78. The van der Waals surface area contributed by atoms with Crippen LogP contribution in [-0.2, 0) is 11.3 Å². The van der Waals surface area contributed by atoms with E-state index >= 15 is 0 Å². The molecule has 6 nitrogen and oxygen atoms in total. The monoisotopic (exact) mass is 342 g/mol. The van der Waals surface area contributed by atoms with Crippen LogP contribution in [0.25, 0.3) is 5.69 Å². The molecule has 130 valence electrons. The lowest BCUT2D eigenvalue weighted by Gasteiger charge is -2.13. The van der Waals surface area contributed by atoms with Crippen LogP contribution in [0.5, 0.6) is 5.75 Å². The highest BCUT2D eigenvalue weighted by Crippen LogP contribution is 2.24. The number of alkyl halides is 3. The van der Waals surface area contributed by atoms with E-state index in [0.717, 1.165) is 5.69 Å². The maximum Gasteiger partial charge on any atom is 0.389 e. The third-order valence-corrected chi connectivity index (χ3v) is 3.31. The topological polar surface area (TPSA) is 69.0 Å². The summed E-state index contributed by atoms with van der Waals surface area (Å²) in [7, 11) is 1.56. The van der Waals surface area contributed by atoms with Crippen LogP contribution >= 0.6 is 0 Å². The molecule has 1 aromatic heterocycles. The first-order chi connectivity index (χ1) is 11.3. The summed E-state index contributed by atoms with van der Waals surface area (Å²) in [5.41, 5.74) is 1.18. The molecule has 0 bridgehead atoms. The van der Waals surface area contributed by atoms with Crippen molar-refractivity contribution >= 4 is 5.91 Å². The molecule has 0 saturated carbocycles. The van der Waals surface area contributed by atoms with Gasteiger partial charge in [-0.1, -0.05) is 12.1 Å². The minimum Gasteiger partial charge on any atom is -0.497 e. The lowest BCUT2D eigenvalue weighted by Crippen LogP contribution is -2.31. The van der Waals surface area contributed by atoms with E-state index in [1.54, 1.807) is 37.6 Å². The normalized spacial score (nSPS) is 12.7. The van der Waals surface area contributed by atoms with Crippen molar-refractivity contribution in [3.05, 3.63) is 36.2 Å². The third-order valence-electron chi connectivity index (χ3n) is 3.31. The number of carbonyl (C=O) groups excluding carboxylic acids is 1. The van der Waals surface area contributed by atoms with Crippen molar-refractivity contribution in [1.29, 1.82) is 0 Å². The van der Waals surface area contributed by atoms with Gasteiger partial charge in [0.25, 0.3) is 0 Å². The van der Waals surface area contributed by atoms with Crippen molar-refractivity contribution in [3.63, 3.8) is 0 Å². The van der Waals surface area contributed by atoms with Gasteiger partial charge in [-0.2, -0.15) is 13.2 Å². The molecule has 0 aliphatic rings. The van der Waals surface area contributed by atoms with Crippen LogP contribution in [0.2, 0.25) is 0 Å². The molecule has 2 rings (SSSR count). The summed E-state index contributed by atoms with van der Waals surface area (Å²) in [4.78, 5) is 11.7. The number of aromatic nitrogens is 3. The first kappa shape index (κ1) is 17.8. The van der Waals surface area contributed by atoms with Crippen LogP contribution < -0.4 is 10.1 Å². The molecule has 0 fully saturated rings. The van der Waals surface area contributed by atoms with E-state index in [4.69, 9.17) is 4.74 Å². The van der Waals surface area contributed by atoms with Crippen molar-refractivity contribution in [2.75, 3.05) is 7.11 Å². The molecule has 0 aliphatic heterocycles. The van der Waals surface area contributed by atoms with Crippen LogP contribution in [0, 0.1) is 5.92 Å². The lowest BCUT2D eigenvalue weighted by atomic mass is 10.1. The van der Waals surface area contributed by atoms with Crippen LogP contribution in [0.4, 0.5) is 13.2 Å². The summed E-state index contributed by atoms with van der Waals surface area (Å²) in [5.74, 6) is -1.13. The largest absolute Gasteiger partial charge is 0.497 e. The number of nitrogens with one attached hydrogen (secondary N) is 1. The van der Waals surface area contributed by atoms with E-state index in [0.29, 0.717) is 11.4 Å². The summed E-state index contributed by atoms with van der Waals surface area (Å²) in [6.07, 6.45) is -3.93. The third kappa shape index (κ3) is 4.97. The number of amides is 1. The fourth-order valence-electron chi connectivity index (χ4n) is 2.03. The lowest BCUT2D eigenvalue weighted by molar-refractivity contribution is -0.153. The Bertz CT molecular complexity index is 683. The van der Waals surface area contributed by atoms with Gasteiger partial charge < -0.3 is 10.1 Å². The van der Waals surface area contributed by atoms with Crippen molar-refractivity contribution in [2.24, 2.45) is 5.92 Å². The average molecular weight is 342 g/mol. The Kier molecular flexibility index (Phi) is 5.42. The summed E-state index contributed by atoms with van der Waals surface area (Å²) < 4.78 is 43.3. The van der Waals surface area contributed by atoms with Crippen molar-refractivity contribution in [3.8, 4) is 11.4 Å². The van der Waals surface area contributed by atoms with Crippen molar-refractivity contribution < 1.29 is 22.7 Å². The highest BCUT2D eigenvalue weighted by atomic mass is 19.4. The molecule has 0 aliphatic carbocycles. The minimum absolute atomic E-state index is 0.0111. The molecule has 0 saturated heterocycles. The first-order valence-corrected chi connectivity index (χ1v) is 7.18. The average Bonchev–Trinajstić information content (AvgIpc) is 3.00. The van der Waals surface area contributed by atoms with Gasteiger partial charge in [-0.25, -0.2) is 4.68 Å². The minimum atomic E-state index is -4.37. The quantitative estimate of drug-likeness (QED) is 0.876. The van der Waals surface area contributed by atoms with Crippen molar-refractivity contribution in [2.45, 2.75) is 26.1 Å². The molecule has 1 aromatic carbocycles. The zero-order valence-corrected chi connectivity index (χ0v) is 13.2. The molecular formula is C15H17F3N4O2. The number of benzene rings is 1. The number of halogens is 3. The Morgan fingerprint density at radius 1 is 1.33 bits per heavy atom. The number of hydrogen-bond donors (Lipinski definition) is 1. The van der Waals surface area contributed by atoms with Crippen molar-refractivity contribution in [1.82, 2.24) is 20.3 Å². The number of hydrogen-bond acceptors (Lipinski definition) is 4. The van der Waals surface area contributed by atoms with Crippen LogP contribution in [-0.4, -0.2) is 34.2 Å². The van der Waals surface area contributed by atoms with Gasteiger partial charge in [0.2, 0.25) is 5.91 Å². The molecule has 9 heteroatoms. The fraction of sp³-hybridized carbons (Fsp3) is 0.400. The Morgan fingerprint density at radius 3 is 2.58 bits per heavy atom. The zero-order chi connectivity index (χ0) is 17.7. The van der Waals surface area contributed by atoms with Gasteiger partial charge in [0.1, 0.15) is 11.4 Å². The smallest absolute Gasteiger partial charge is 0.389 e. The molecular weight excluding hydrogens is 325 g/mol. The number of nitrogens with zero attached hydrogens (tertiary/aromatic N) is 3. The molecule has 0 radical (unpaired) electrons. The number of methoxy groups -OCH3 is 1. The van der Waals surface area contributed by atoms with Gasteiger partial charge in [0.05, 0.1) is 32.0 Å². The highest BCUT2D eigenvalue weighted by Gasteiger charge is 2.32. The first-order valence-electron chi connectivity index (χ1n) is 7.18. The van der Waals surface area contributed by atoms with Gasteiger partial charge in [-0.3, -0.25) is 4.79 Å². The molecule has 1 heterocycles. The summed E-state index contributed by atoms with van der Waals surface area (Å²) >= 11 is 0. The molecule has 1 unspecified atom stereocenters. The van der Waals surface area contributed by atoms with E-state index in [2.05, 4.69) is 15.6 Å². The van der Waals surface area contributed by atoms with Gasteiger partial charge >= 0.3 is 6.18 Å². The van der Waals surface area contributed by atoms with Crippen LogP contribution in [0.15, 0.2) is 30.5 Å². The SMILES string of the molecule is COc1ccc(-n2cc(CNC(=O)C(C)CC(F)(F)F)nn2)cc1. The van der Waals surface area contributed by atoms with Gasteiger partial charge in [-0.15, -0.1) is 5.10 Å². The molecule has 1 amide bonds. The van der Waals surface area contributed by atoms with Gasteiger partial charge in [0.15, 0.2) is 0 Å². The maximum atomic E-state index is 12.3. The molecule has 1 atom stereocenters. The van der Waals surface area contributed by atoms with E-state index < -0.39 is 24.4 Å². The van der Waals surface area contributed by atoms with Crippen LogP contribution in [0.1, 0.15) is 19.0 Å². The van der Waals surface area contributed by atoms with Gasteiger partial charge in [-0.05, 0) is 24.3 Å². The van der Waals surface area contributed by atoms with Gasteiger partial charge in [0, 0.05) is 5.92 Å². The van der Waals surface area contributed by atoms with Crippen LogP contribution in [0.3, 0.4) is 0 Å². The summed E-state index contributed by atoms with van der Waals surface area (Å²) in [6, 6.07) is 7.08. The predicted molar refractivity (Wildman–Crippen MR) is 79.6 cm³/mol. The Labute approximate surface area is 136 Å². The molecule has 24 heavy (non-hydrogen) atoms. The second-order valence-electron chi connectivity index (χ2n) is 5.29. The second-order valence-corrected chi connectivity index (χ2v) is 5.29. The fourth-order valence-corrected chi connectivity index (χ4v) is 2.03. The summed E-state index contributed by atoms with van der Waals surface area (Å²) in [6.45, 7) is 1.24. The maximum absolute atomic E-state index is 12.3. The second kappa shape index (κ2) is 7.33. The zero-order valence-electron chi connectivity index (χ0n) is 13.2. The number of carbonyl (C=O) groups is 1. The summed E-state index contributed by atoms with van der Waals surface area (Å²) in [5, 5.41) is 10.2.